The largest absolute Gasteiger partial charge is 0.486 e. The fourth-order valence-corrected chi connectivity index (χ4v) is 2.38. The molecule has 0 aliphatic heterocycles. The maximum absolute atomic E-state index is 10.7. The van der Waals surface area contributed by atoms with Crippen molar-refractivity contribution in [1.29, 1.82) is 0 Å². The molecular weight excluding hydrogens is 400 g/mol. The van der Waals surface area contributed by atoms with Crippen molar-refractivity contribution >= 4 is 28.2 Å². The molecule has 2 aromatic carbocycles. The smallest absolute Gasteiger partial charge is 0.332 e. The predicted molar refractivity (Wildman–Crippen MR) is 100 cm³/mol. The number of para-hydroxylation sites is 1. The number of benzene rings is 2. The molecule has 1 aromatic heterocycles. The van der Waals surface area contributed by atoms with Gasteiger partial charge in [0.25, 0.3) is 0 Å². The third-order valence-electron chi connectivity index (χ3n) is 3.30. The Morgan fingerprint density at radius 2 is 2.04 bits per heavy atom. The summed E-state index contributed by atoms with van der Waals surface area (Å²) in [4.78, 5) is 10.7. The Kier molecular flexibility index (Phi) is 5.59. The van der Waals surface area contributed by atoms with Gasteiger partial charge in [-0.2, -0.15) is 5.10 Å². The van der Waals surface area contributed by atoms with Gasteiger partial charge in [0.1, 0.15) is 18.1 Å². The lowest BCUT2D eigenvalue weighted by Gasteiger charge is -2.07. The van der Waals surface area contributed by atoms with Crippen LogP contribution in [0.3, 0.4) is 0 Å². The number of hydrogen-bond donors (Lipinski definition) is 2. The molecule has 0 fully saturated rings. The molecule has 26 heavy (non-hydrogen) atoms. The summed E-state index contributed by atoms with van der Waals surface area (Å²) in [6.07, 6.45) is 3.26. The number of ether oxygens (including phenoxy) is 1. The van der Waals surface area contributed by atoms with Crippen molar-refractivity contribution in [3.8, 4) is 11.4 Å². The Bertz CT molecular complexity index is 923. The van der Waals surface area contributed by atoms with Crippen LogP contribution >= 0.6 is 15.9 Å². The highest BCUT2D eigenvalue weighted by atomic mass is 79.9. The fraction of sp³-hybridized carbons (Fsp3) is 0.0588. The highest BCUT2D eigenvalue weighted by Crippen LogP contribution is 2.18. The lowest BCUT2D eigenvalue weighted by Crippen LogP contribution is -2.24. The normalized spacial score (nSPS) is 10.8. The number of carbonyl (C=O) groups is 1. The summed E-state index contributed by atoms with van der Waals surface area (Å²) >= 11 is 3.40. The van der Waals surface area contributed by atoms with Crippen LogP contribution in [0.1, 0.15) is 11.3 Å². The second-order valence-corrected chi connectivity index (χ2v) is 6.11. The molecule has 0 unspecified atom stereocenters. The Balaban J connectivity index is 1.67. The van der Waals surface area contributed by atoms with Crippen LogP contribution in [0.4, 0.5) is 4.79 Å². The first-order valence-corrected chi connectivity index (χ1v) is 8.38. The van der Waals surface area contributed by atoms with Crippen molar-refractivity contribution in [2.45, 2.75) is 6.61 Å². The van der Waals surface area contributed by atoms with E-state index in [1.54, 1.807) is 23.0 Å². The van der Waals surface area contributed by atoms with Gasteiger partial charge in [-0.15, -0.1) is 5.10 Å². The number of urea groups is 1. The van der Waals surface area contributed by atoms with Crippen LogP contribution in [0.5, 0.6) is 5.75 Å². The quantitative estimate of drug-likeness (QED) is 0.477. The van der Waals surface area contributed by atoms with Crippen molar-refractivity contribution in [2.24, 2.45) is 10.8 Å². The Labute approximate surface area is 157 Å². The molecule has 3 N–H and O–H groups in total. The minimum atomic E-state index is -0.732. The van der Waals surface area contributed by atoms with E-state index in [0.29, 0.717) is 17.0 Å². The van der Waals surface area contributed by atoms with E-state index in [9.17, 15) is 4.79 Å². The van der Waals surface area contributed by atoms with E-state index < -0.39 is 6.03 Å². The van der Waals surface area contributed by atoms with Gasteiger partial charge in [0.05, 0.1) is 18.1 Å². The standard InChI is InChI=1S/C17H15BrN6O2/c18-13-5-7-15(8-6-13)24-10-14(21-23-24)11-26-16-4-2-1-3-12(16)9-20-22-17(19)25/h1-10H,11H2,(H3,19,22,25)/b20-9+. The number of halogens is 1. The molecular formula is C17H15BrN6O2. The number of amides is 2. The molecule has 0 spiro atoms. The van der Waals surface area contributed by atoms with Crippen molar-refractivity contribution in [3.63, 3.8) is 0 Å². The maximum atomic E-state index is 10.7. The van der Waals surface area contributed by atoms with Crippen molar-refractivity contribution in [2.75, 3.05) is 0 Å². The van der Waals surface area contributed by atoms with Gasteiger partial charge in [0.2, 0.25) is 0 Å². The topological polar surface area (TPSA) is 107 Å². The zero-order valence-electron chi connectivity index (χ0n) is 13.5. The summed E-state index contributed by atoms with van der Waals surface area (Å²) < 4.78 is 8.46. The molecule has 8 nitrogen and oxygen atoms in total. The summed E-state index contributed by atoms with van der Waals surface area (Å²) in [6, 6.07) is 14.3. The zero-order valence-corrected chi connectivity index (χ0v) is 15.1. The molecule has 3 aromatic rings. The number of rotatable bonds is 6. The molecule has 0 saturated heterocycles. The minimum Gasteiger partial charge on any atom is -0.486 e. The van der Waals surface area contributed by atoms with Gasteiger partial charge in [-0.1, -0.05) is 33.3 Å². The molecule has 2 amide bonds. The van der Waals surface area contributed by atoms with E-state index in [4.69, 9.17) is 10.5 Å². The van der Waals surface area contributed by atoms with Crippen LogP contribution in [0, 0.1) is 0 Å². The third-order valence-corrected chi connectivity index (χ3v) is 3.83. The molecule has 1 heterocycles. The highest BCUT2D eigenvalue weighted by molar-refractivity contribution is 9.10. The van der Waals surface area contributed by atoms with Crippen LogP contribution in [-0.2, 0) is 6.61 Å². The van der Waals surface area contributed by atoms with E-state index >= 15 is 0 Å². The average molecular weight is 415 g/mol. The lowest BCUT2D eigenvalue weighted by atomic mass is 10.2. The Hall–Kier alpha value is -3.20. The van der Waals surface area contributed by atoms with E-state index in [2.05, 4.69) is 36.8 Å². The summed E-state index contributed by atoms with van der Waals surface area (Å²) in [6.45, 7) is 0.241. The van der Waals surface area contributed by atoms with E-state index in [-0.39, 0.29) is 6.61 Å². The first-order valence-electron chi connectivity index (χ1n) is 7.59. The predicted octanol–water partition coefficient (Wildman–Crippen LogP) is 2.61. The van der Waals surface area contributed by atoms with Crippen molar-refractivity contribution in [3.05, 3.63) is 70.5 Å². The van der Waals surface area contributed by atoms with Gasteiger partial charge in [-0.25, -0.2) is 14.9 Å². The number of hydrogen-bond acceptors (Lipinski definition) is 5. The molecule has 0 bridgehead atoms. The number of aromatic nitrogens is 3. The van der Waals surface area contributed by atoms with Crippen molar-refractivity contribution in [1.82, 2.24) is 20.4 Å². The first kappa shape index (κ1) is 17.6. The zero-order chi connectivity index (χ0) is 18.4. The number of nitrogens with two attached hydrogens (primary N) is 1. The molecule has 0 radical (unpaired) electrons. The summed E-state index contributed by atoms with van der Waals surface area (Å²) in [5.74, 6) is 0.598. The number of hydrazone groups is 1. The average Bonchev–Trinajstić information content (AvgIpc) is 3.10. The lowest BCUT2D eigenvalue weighted by molar-refractivity contribution is 0.249. The Morgan fingerprint density at radius 3 is 2.81 bits per heavy atom. The molecule has 3 rings (SSSR count). The summed E-state index contributed by atoms with van der Waals surface area (Å²) in [7, 11) is 0. The maximum Gasteiger partial charge on any atom is 0.332 e. The van der Waals surface area contributed by atoms with Gasteiger partial charge >= 0.3 is 6.03 Å². The second-order valence-electron chi connectivity index (χ2n) is 5.19. The fourth-order valence-electron chi connectivity index (χ4n) is 2.12. The van der Waals surface area contributed by atoms with Gasteiger partial charge in [-0.05, 0) is 36.4 Å². The second kappa shape index (κ2) is 8.26. The summed E-state index contributed by atoms with van der Waals surface area (Å²) in [5, 5.41) is 12.0. The van der Waals surface area contributed by atoms with Crippen LogP contribution in [-0.4, -0.2) is 27.2 Å². The van der Waals surface area contributed by atoms with Crippen LogP contribution in [0.25, 0.3) is 5.69 Å². The van der Waals surface area contributed by atoms with Crippen molar-refractivity contribution < 1.29 is 9.53 Å². The molecule has 132 valence electrons. The van der Waals surface area contributed by atoms with Gasteiger partial charge < -0.3 is 10.5 Å². The number of carbonyl (C=O) groups excluding carboxylic acids is 1. The molecule has 0 saturated carbocycles. The molecule has 0 aliphatic carbocycles. The minimum absolute atomic E-state index is 0.241. The highest BCUT2D eigenvalue weighted by Gasteiger charge is 2.06. The van der Waals surface area contributed by atoms with Gasteiger partial charge in [-0.3, -0.25) is 0 Å². The molecule has 9 heteroatoms. The first-order chi connectivity index (χ1) is 12.6. The van der Waals surface area contributed by atoms with Gasteiger partial charge in [0.15, 0.2) is 0 Å². The van der Waals surface area contributed by atoms with Gasteiger partial charge in [0, 0.05) is 10.0 Å². The van der Waals surface area contributed by atoms with Crippen LogP contribution in [0.15, 0.2) is 64.3 Å². The van der Waals surface area contributed by atoms with E-state index in [0.717, 1.165) is 10.2 Å². The number of primary amides is 1. The Morgan fingerprint density at radius 1 is 1.27 bits per heavy atom. The molecule has 0 atom stereocenters. The monoisotopic (exact) mass is 414 g/mol. The number of nitrogens with zero attached hydrogens (tertiary/aromatic N) is 4. The number of nitrogens with one attached hydrogen (secondary N) is 1. The summed E-state index contributed by atoms with van der Waals surface area (Å²) in [5.41, 5.74) is 9.39. The van der Waals surface area contributed by atoms with E-state index in [1.807, 2.05) is 36.4 Å². The van der Waals surface area contributed by atoms with E-state index in [1.165, 1.54) is 6.21 Å². The van der Waals surface area contributed by atoms with Crippen LogP contribution < -0.4 is 15.9 Å². The third kappa shape index (κ3) is 4.67. The SMILES string of the molecule is NC(=O)N/N=C/c1ccccc1OCc1cn(-c2ccc(Br)cc2)nn1. The molecule has 0 aliphatic rings. The van der Waals surface area contributed by atoms with Crippen LogP contribution in [0.2, 0.25) is 0 Å².